The van der Waals surface area contributed by atoms with Gasteiger partial charge < -0.3 is 10.5 Å². The Bertz CT molecular complexity index is 642. The highest BCUT2D eigenvalue weighted by molar-refractivity contribution is 7.99. The fourth-order valence-electron chi connectivity index (χ4n) is 2.29. The second-order valence-electron chi connectivity index (χ2n) is 4.74. The van der Waals surface area contributed by atoms with Gasteiger partial charge in [0.05, 0.1) is 5.56 Å². The highest BCUT2D eigenvalue weighted by Crippen LogP contribution is 2.28. The van der Waals surface area contributed by atoms with Crippen LogP contribution in [0, 0.1) is 0 Å². The van der Waals surface area contributed by atoms with Crippen molar-refractivity contribution in [3.63, 3.8) is 0 Å². The van der Waals surface area contributed by atoms with Crippen LogP contribution in [0.3, 0.4) is 0 Å². The number of nitrogens with two attached hydrogens (primary N) is 1. The van der Waals surface area contributed by atoms with Crippen molar-refractivity contribution in [3.8, 4) is 0 Å². The van der Waals surface area contributed by atoms with E-state index in [0.29, 0.717) is 11.3 Å². The number of rotatable bonds is 3. The minimum atomic E-state index is -0.224. The summed E-state index contributed by atoms with van der Waals surface area (Å²) in [6.07, 6.45) is 0.670. The number of thioether (sulfide) groups is 1. The van der Waals surface area contributed by atoms with Crippen molar-refractivity contribution in [3.05, 3.63) is 59.7 Å². The number of hydrogen-bond acceptors (Lipinski definition) is 4. The third-order valence-electron chi connectivity index (χ3n) is 3.30. The number of nitrogen functional groups attached to an aromatic ring is 1. The summed E-state index contributed by atoms with van der Waals surface area (Å²) in [4.78, 5) is 12.9. The zero-order valence-corrected chi connectivity index (χ0v) is 11.7. The van der Waals surface area contributed by atoms with Crippen LogP contribution in [-0.4, -0.2) is 17.8 Å². The summed E-state index contributed by atoms with van der Waals surface area (Å²) in [6, 6.07) is 15.4. The van der Waals surface area contributed by atoms with Crippen molar-refractivity contribution in [1.29, 1.82) is 0 Å². The first kappa shape index (κ1) is 13.1. The fourth-order valence-corrected chi connectivity index (χ4v) is 3.25. The first-order valence-corrected chi connectivity index (χ1v) is 7.49. The second-order valence-corrected chi connectivity index (χ2v) is 5.80. The molecule has 0 fully saturated rings. The number of carbonyl (C=O) groups is 1. The molecular formula is C16H15NO2S. The molecule has 1 unspecified atom stereocenters. The van der Waals surface area contributed by atoms with Crippen molar-refractivity contribution in [2.45, 2.75) is 17.4 Å². The van der Waals surface area contributed by atoms with E-state index in [2.05, 4.69) is 0 Å². The predicted octanol–water partition coefficient (Wildman–Crippen LogP) is 3.14. The topological polar surface area (TPSA) is 52.3 Å². The van der Waals surface area contributed by atoms with Crippen LogP contribution in [0.5, 0.6) is 0 Å². The Morgan fingerprint density at radius 3 is 2.75 bits per heavy atom. The van der Waals surface area contributed by atoms with Crippen LogP contribution in [0.25, 0.3) is 0 Å². The lowest BCUT2D eigenvalue weighted by Gasteiger charge is -2.24. The van der Waals surface area contributed by atoms with Crippen molar-refractivity contribution < 1.29 is 9.53 Å². The Morgan fingerprint density at radius 1 is 1.15 bits per heavy atom. The molecule has 0 bridgehead atoms. The molecule has 1 atom stereocenters. The van der Waals surface area contributed by atoms with E-state index >= 15 is 0 Å². The maximum absolute atomic E-state index is 11.9. The monoisotopic (exact) mass is 285 g/mol. The van der Waals surface area contributed by atoms with Crippen LogP contribution in [0.4, 0.5) is 5.69 Å². The van der Waals surface area contributed by atoms with Gasteiger partial charge in [-0.05, 0) is 23.8 Å². The Morgan fingerprint density at radius 2 is 1.90 bits per heavy atom. The van der Waals surface area contributed by atoms with Gasteiger partial charge in [-0.25, -0.2) is 4.79 Å². The smallest absolute Gasteiger partial charge is 0.338 e. The van der Waals surface area contributed by atoms with Crippen molar-refractivity contribution in [1.82, 2.24) is 0 Å². The van der Waals surface area contributed by atoms with Gasteiger partial charge in [0.15, 0.2) is 0 Å². The van der Waals surface area contributed by atoms with Crippen LogP contribution < -0.4 is 5.73 Å². The highest BCUT2D eigenvalue weighted by Gasteiger charge is 2.25. The van der Waals surface area contributed by atoms with E-state index in [1.807, 2.05) is 48.5 Å². The van der Waals surface area contributed by atoms with Crippen LogP contribution in [0.1, 0.15) is 15.9 Å². The van der Waals surface area contributed by atoms with Crippen LogP contribution in [-0.2, 0) is 11.2 Å². The van der Waals surface area contributed by atoms with Gasteiger partial charge in [0.1, 0.15) is 6.10 Å². The van der Waals surface area contributed by atoms with Gasteiger partial charge in [-0.3, -0.25) is 0 Å². The van der Waals surface area contributed by atoms with Gasteiger partial charge in [-0.2, -0.15) is 0 Å². The summed E-state index contributed by atoms with van der Waals surface area (Å²) in [5.41, 5.74) is 8.43. The molecule has 20 heavy (non-hydrogen) atoms. The Hall–Kier alpha value is -1.94. The molecule has 1 heterocycles. The molecule has 0 spiro atoms. The molecule has 102 valence electrons. The third kappa shape index (κ3) is 2.65. The molecule has 0 radical (unpaired) electrons. The molecule has 1 aliphatic heterocycles. The highest BCUT2D eigenvalue weighted by atomic mass is 32.2. The lowest BCUT2D eigenvalue weighted by molar-refractivity contribution is 0.0311. The molecule has 0 aromatic heterocycles. The van der Waals surface area contributed by atoms with Crippen LogP contribution in [0.2, 0.25) is 0 Å². The quantitative estimate of drug-likeness (QED) is 0.535. The Balaban J connectivity index is 1.69. The summed E-state index contributed by atoms with van der Waals surface area (Å²) in [6.45, 7) is 0. The Labute approximate surface area is 122 Å². The van der Waals surface area contributed by atoms with Gasteiger partial charge in [0.25, 0.3) is 0 Å². The molecule has 2 aromatic carbocycles. The van der Waals surface area contributed by atoms with E-state index in [1.54, 1.807) is 11.8 Å². The molecular weight excluding hydrogens is 270 g/mol. The number of benzene rings is 2. The van der Waals surface area contributed by atoms with Gasteiger partial charge in [0, 0.05) is 22.8 Å². The fraction of sp³-hybridized carbons (Fsp3) is 0.188. The second kappa shape index (κ2) is 5.59. The van der Waals surface area contributed by atoms with Crippen LogP contribution in [0.15, 0.2) is 53.4 Å². The van der Waals surface area contributed by atoms with Gasteiger partial charge in [0.2, 0.25) is 0 Å². The standard InChI is InChI=1S/C16H15NO2S/c17-14-7-3-4-8-15(14)20-10-12-9-11-5-1-2-6-13(11)16(18)19-12/h1-8,12H,9-10,17H2. The molecule has 0 saturated heterocycles. The maximum atomic E-state index is 11.9. The molecule has 0 saturated carbocycles. The molecule has 3 nitrogen and oxygen atoms in total. The number of anilines is 1. The molecule has 4 heteroatoms. The van der Waals surface area contributed by atoms with Crippen LogP contribution >= 0.6 is 11.8 Å². The van der Waals surface area contributed by atoms with E-state index in [4.69, 9.17) is 10.5 Å². The zero-order chi connectivity index (χ0) is 13.9. The largest absolute Gasteiger partial charge is 0.458 e. The Kier molecular flexibility index (Phi) is 3.65. The SMILES string of the molecule is Nc1ccccc1SCC1Cc2ccccc2C(=O)O1. The number of carbonyl (C=O) groups excluding carboxylic acids is 1. The summed E-state index contributed by atoms with van der Waals surface area (Å²) in [7, 11) is 0. The zero-order valence-electron chi connectivity index (χ0n) is 10.9. The number of para-hydroxylation sites is 1. The normalized spacial score (nSPS) is 17.4. The van der Waals surface area contributed by atoms with Crippen molar-refractivity contribution >= 4 is 23.4 Å². The predicted molar refractivity (Wildman–Crippen MR) is 80.9 cm³/mol. The number of esters is 1. The lowest BCUT2D eigenvalue weighted by atomic mass is 9.99. The van der Waals surface area contributed by atoms with E-state index < -0.39 is 0 Å². The number of ether oxygens (including phenoxy) is 1. The maximum Gasteiger partial charge on any atom is 0.338 e. The minimum Gasteiger partial charge on any atom is -0.458 e. The first-order chi connectivity index (χ1) is 9.74. The third-order valence-corrected chi connectivity index (χ3v) is 4.52. The molecule has 1 aliphatic rings. The lowest BCUT2D eigenvalue weighted by Crippen LogP contribution is -2.29. The van der Waals surface area contributed by atoms with Gasteiger partial charge in [-0.1, -0.05) is 30.3 Å². The molecule has 2 aromatic rings. The summed E-state index contributed by atoms with van der Waals surface area (Å²) < 4.78 is 5.47. The van der Waals surface area contributed by atoms with Crippen molar-refractivity contribution in [2.75, 3.05) is 11.5 Å². The van der Waals surface area contributed by atoms with E-state index in [0.717, 1.165) is 22.6 Å². The molecule has 2 N–H and O–H groups in total. The number of cyclic esters (lactones) is 1. The minimum absolute atomic E-state index is 0.0954. The summed E-state index contributed by atoms with van der Waals surface area (Å²) >= 11 is 1.63. The average molecular weight is 285 g/mol. The number of hydrogen-bond donors (Lipinski definition) is 1. The van der Waals surface area contributed by atoms with Gasteiger partial charge >= 0.3 is 5.97 Å². The van der Waals surface area contributed by atoms with E-state index in [9.17, 15) is 4.79 Å². The molecule has 3 rings (SSSR count). The van der Waals surface area contributed by atoms with E-state index in [1.165, 1.54) is 0 Å². The van der Waals surface area contributed by atoms with Gasteiger partial charge in [-0.15, -0.1) is 11.8 Å². The number of fused-ring (bicyclic) bond motifs is 1. The summed E-state index contributed by atoms with van der Waals surface area (Å²) in [5, 5.41) is 0. The average Bonchev–Trinajstić information content (AvgIpc) is 2.46. The summed E-state index contributed by atoms with van der Waals surface area (Å²) in [5.74, 6) is 0.493. The molecule has 0 aliphatic carbocycles. The molecule has 0 amide bonds. The van der Waals surface area contributed by atoms with Crippen molar-refractivity contribution in [2.24, 2.45) is 0 Å². The first-order valence-electron chi connectivity index (χ1n) is 6.50. The van der Waals surface area contributed by atoms with E-state index in [-0.39, 0.29) is 12.1 Å².